The quantitative estimate of drug-likeness (QED) is 0.693. The summed E-state index contributed by atoms with van der Waals surface area (Å²) in [5.74, 6) is 0.369. The molecule has 0 unspecified atom stereocenters. The lowest BCUT2D eigenvalue weighted by Crippen LogP contribution is -2.24. The third-order valence-corrected chi connectivity index (χ3v) is 3.05. The van der Waals surface area contributed by atoms with Gasteiger partial charge in [0.25, 0.3) is 5.56 Å². The molecular formula is C11H15NO2. The number of pyridine rings is 1. The predicted octanol–water partition coefficient (Wildman–Crippen LogP) is 2.05. The van der Waals surface area contributed by atoms with Crippen LogP contribution in [0, 0.1) is 6.92 Å². The van der Waals surface area contributed by atoms with Crippen LogP contribution < -0.4 is 5.56 Å². The molecule has 2 rings (SSSR count). The highest BCUT2D eigenvalue weighted by Crippen LogP contribution is 2.33. The Balaban J connectivity index is 2.43. The molecule has 1 aliphatic rings. The van der Waals surface area contributed by atoms with Gasteiger partial charge in [-0.1, -0.05) is 18.9 Å². The summed E-state index contributed by atoms with van der Waals surface area (Å²) in [4.78, 5) is 11.5. The van der Waals surface area contributed by atoms with Gasteiger partial charge in [0.1, 0.15) is 0 Å². The van der Waals surface area contributed by atoms with Crippen molar-refractivity contribution in [1.29, 1.82) is 0 Å². The van der Waals surface area contributed by atoms with Gasteiger partial charge < -0.3 is 5.21 Å². The zero-order chi connectivity index (χ0) is 10.1. The van der Waals surface area contributed by atoms with Gasteiger partial charge in [-0.05, 0) is 25.8 Å². The Morgan fingerprint density at radius 3 is 2.64 bits per heavy atom. The van der Waals surface area contributed by atoms with Gasteiger partial charge in [-0.2, -0.15) is 4.73 Å². The highest BCUT2D eigenvalue weighted by atomic mass is 16.5. The standard InChI is InChI=1S/C11H15NO2/c1-8-6-7-10(12(14)11(8)13)9-4-2-3-5-9/h6-7,9,14H,2-5H2,1H3. The number of nitrogens with zero attached hydrogens (tertiary/aromatic N) is 1. The summed E-state index contributed by atoms with van der Waals surface area (Å²) in [5.41, 5.74) is 1.08. The van der Waals surface area contributed by atoms with Crippen LogP contribution in [0.15, 0.2) is 16.9 Å². The van der Waals surface area contributed by atoms with Crippen LogP contribution in [0.3, 0.4) is 0 Å². The van der Waals surface area contributed by atoms with Gasteiger partial charge >= 0.3 is 0 Å². The first-order valence-corrected chi connectivity index (χ1v) is 5.12. The Morgan fingerprint density at radius 1 is 1.36 bits per heavy atom. The van der Waals surface area contributed by atoms with Crippen LogP contribution in [0.2, 0.25) is 0 Å². The molecule has 1 fully saturated rings. The van der Waals surface area contributed by atoms with E-state index in [0.29, 0.717) is 11.5 Å². The average Bonchev–Trinajstić information content (AvgIpc) is 2.67. The van der Waals surface area contributed by atoms with Crippen molar-refractivity contribution in [3.63, 3.8) is 0 Å². The minimum atomic E-state index is -0.283. The summed E-state index contributed by atoms with van der Waals surface area (Å²) in [6, 6.07) is 3.66. The highest BCUT2D eigenvalue weighted by Gasteiger charge is 2.20. The number of aryl methyl sites for hydroxylation is 1. The van der Waals surface area contributed by atoms with Gasteiger partial charge in [0.2, 0.25) is 0 Å². The van der Waals surface area contributed by atoms with E-state index in [1.807, 2.05) is 6.07 Å². The molecule has 1 aromatic rings. The van der Waals surface area contributed by atoms with Crippen LogP contribution in [0.25, 0.3) is 0 Å². The van der Waals surface area contributed by atoms with Crippen molar-refractivity contribution in [2.75, 3.05) is 0 Å². The highest BCUT2D eigenvalue weighted by molar-refractivity contribution is 5.17. The first-order valence-electron chi connectivity index (χ1n) is 5.12. The lowest BCUT2D eigenvalue weighted by atomic mass is 10.0. The van der Waals surface area contributed by atoms with Crippen molar-refractivity contribution in [2.24, 2.45) is 0 Å². The van der Waals surface area contributed by atoms with Crippen LogP contribution in [0.1, 0.15) is 42.9 Å². The van der Waals surface area contributed by atoms with E-state index in [1.165, 1.54) is 12.8 Å². The molecule has 76 valence electrons. The van der Waals surface area contributed by atoms with Gasteiger partial charge in [-0.15, -0.1) is 0 Å². The van der Waals surface area contributed by atoms with Crippen molar-refractivity contribution >= 4 is 0 Å². The molecule has 1 N–H and O–H groups in total. The SMILES string of the molecule is Cc1ccc(C2CCCC2)n(O)c1=O. The summed E-state index contributed by atoms with van der Waals surface area (Å²) in [7, 11) is 0. The van der Waals surface area contributed by atoms with Gasteiger partial charge in [-0.3, -0.25) is 4.79 Å². The second-order valence-corrected chi connectivity index (χ2v) is 4.04. The first-order chi connectivity index (χ1) is 6.70. The Hall–Kier alpha value is -1.25. The van der Waals surface area contributed by atoms with Crippen LogP contribution in [-0.2, 0) is 0 Å². The molecule has 1 aromatic heterocycles. The second kappa shape index (κ2) is 3.48. The van der Waals surface area contributed by atoms with Crippen LogP contribution >= 0.6 is 0 Å². The van der Waals surface area contributed by atoms with Crippen LogP contribution in [0.4, 0.5) is 0 Å². The molecule has 3 nitrogen and oxygen atoms in total. The summed E-state index contributed by atoms with van der Waals surface area (Å²) < 4.78 is 0.825. The molecular weight excluding hydrogens is 178 g/mol. The molecule has 14 heavy (non-hydrogen) atoms. The smallest absolute Gasteiger partial charge is 0.285 e. The molecule has 0 aliphatic heterocycles. The largest absolute Gasteiger partial charge is 0.425 e. The third kappa shape index (κ3) is 1.43. The molecule has 0 spiro atoms. The fourth-order valence-corrected chi connectivity index (χ4v) is 2.17. The number of hydrogen-bond donors (Lipinski definition) is 1. The third-order valence-electron chi connectivity index (χ3n) is 3.05. The van der Waals surface area contributed by atoms with Crippen molar-refractivity contribution < 1.29 is 5.21 Å². The van der Waals surface area contributed by atoms with Crippen molar-refractivity contribution in [2.45, 2.75) is 38.5 Å². The predicted molar refractivity (Wildman–Crippen MR) is 53.8 cm³/mol. The first kappa shape index (κ1) is 9.31. The summed E-state index contributed by atoms with van der Waals surface area (Å²) >= 11 is 0. The van der Waals surface area contributed by atoms with Crippen LogP contribution in [-0.4, -0.2) is 9.94 Å². The van der Waals surface area contributed by atoms with Gasteiger partial charge in [0, 0.05) is 11.5 Å². The van der Waals surface area contributed by atoms with Gasteiger partial charge in [0.15, 0.2) is 0 Å². The molecule has 1 heterocycles. The van der Waals surface area contributed by atoms with E-state index < -0.39 is 0 Å². The van der Waals surface area contributed by atoms with Gasteiger partial charge in [-0.25, -0.2) is 0 Å². The van der Waals surface area contributed by atoms with E-state index in [1.54, 1.807) is 13.0 Å². The fourth-order valence-electron chi connectivity index (χ4n) is 2.17. The van der Waals surface area contributed by atoms with Crippen LogP contribution in [0.5, 0.6) is 0 Å². The molecule has 1 saturated carbocycles. The molecule has 0 atom stereocenters. The zero-order valence-corrected chi connectivity index (χ0v) is 8.36. The molecule has 3 heteroatoms. The van der Waals surface area contributed by atoms with Crippen molar-refractivity contribution in [3.8, 4) is 0 Å². The number of aromatic nitrogens is 1. The zero-order valence-electron chi connectivity index (χ0n) is 8.36. The second-order valence-electron chi connectivity index (χ2n) is 4.04. The Morgan fingerprint density at radius 2 is 2.00 bits per heavy atom. The van der Waals surface area contributed by atoms with Crippen molar-refractivity contribution in [3.05, 3.63) is 33.7 Å². The minimum absolute atomic E-state index is 0.283. The van der Waals surface area contributed by atoms with E-state index >= 15 is 0 Å². The lowest BCUT2D eigenvalue weighted by Gasteiger charge is -2.12. The van der Waals surface area contributed by atoms with E-state index in [9.17, 15) is 10.0 Å². The van der Waals surface area contributed by atoms with E-state index in [2.05, 4.69) is 0 Å². The fraction of sp³-hybridized carbons (Fsp3) is 0.545. The van der Waals surface area contributed by atoms with Gasteiger partial charge in [0.05, 0.1) is 5.69 Å². The molecule has 0 aromatic carbocycles. The number of rotatable bonds is 1. The molecule has 0 radical (unpaired) electrons. The Labute approximate surface area is 83.0 Å². The molecule has 0 amide bonds. The normalized spacial score (nSPS) is 17.5. The topological polar surface area (TPSA) is 42.2 Å². The molecule has 1 aliphatic carbocycles. The number of hydrogen-bond acceptors (Lipinski definition) is 2. The summed E-state index contributed by atoms with van der Waals surface area (Å²) in [6.07, 6.45) is 4.57. The maximum atomic E-state index is 11.5. The maximum absolute atomic E-state index is 11.5. The maximum Gasteiger partial charge on any atom is 0.285 e. The minimum Gasteiger partial charge on any atom is -0.425 e. The van der Waals surface area contributed by atoms with E-state index in [-0.39, 0.29) is 5.56 Å². The molecule has 0 bridgehead atoms. The lowest BCUT2D eigenvalue weighted by molar-refractivity contribution is 0.160. The Kier molecular flexibility index (Phi) is 2.32. The average molecular weight is 193 g/mol. The Bertz CT molecular complexity index is 389. The summed E-state index contributed by atoms with van der Waals surface area (Å²) in [6.45, 7) is 1.72. The summed E-state index contributed by atoms with van der Waals surface area (Å²) in [5, 5.41) is 9.64. The van der Waals surface area contributed by atoms with Crippen molar-refractivity contribution in [1.82, 2.24) is 4.73 Å². The monoisotopic (exact) mass is 193 g/mol. The van der Waals surface area contributed by atoms with E-state index in [4.69, 9.17) is 0 Å². The van der Waals surface area contributed by atoms with E-state index in [0.717, 1.165) is 23.3 Å². The molecule has 0 saturated heterocycles.